The predicted molar refractivity (Wildman–Crippen MR) is 185 cm³/mol. The molecule has 3 aromatic carbocycles. The molecular formula is C36H41ClN4O7. The Morgan fingerprint density at radius 3 is 2.29 bits per heavy atom. The van der Waals surface area contributed by atoms with Gasteiger partial charge in [-0.3, -0.25) is 4.79 Å². The summed E-state index contributed by atoms with van der Waals surface area (Å²) in [6.45, 7) is 8.38. The lowest BCUT2D eigenvalue weighted by Crippen LogP contribution is -2.52. The number of ether oxygens (including phenoxy) is 3. The Balaban J connectivity index is 1.24. The quantitative estimate of drug-likeness (QED) is 0.203. The van der Waals surface area contributed by atoms with Crippen LogP contribution < -0.4 is 14.4 Å². The summed E-state index contributed by atoms with van der Waals surface area (Å²) < 4.78 is 23.4. The Kier molecular flexibility index (Phi) is 9.44. The maximum atomic E-state index is 14.1. The van der Waals surface area contributed by atoms with E-state index in [4.69, 9.17) is 30.2 Å². The Morgan fingerprint density at radius 2 is 1.62 bits per heavy atom. The lowest BCUT2D eigenvalue weighted by molar-refractivity contribution is 0.0154. The van der Waals surface area contributed by atoms with Crippen molar-refractivity contribution in [1.82, 2.24) is 14.7 Å². The molecule has 11 nitrogen and oxygen atoms in total. The van der Waals surface area contributed by atoms with Crippen LogP contribution in [0, 0.1) is 0 Å². The number of nitrogens with zero attached hydrogens (tertiary/aromatic N) is 4. The number of alkyl halides is 1. The minimum Gasteiger partial charge on any atom is -0.492 e. The van der Waals surface area contributed by atoms with Gasteiger partial charge in [0.15, 0.2) is 5.76 Å². The van der Waals surface area contributed by atoms with E-state index in [2.05, 4.69) is 0 Å². The Bertz CT molecular complexity index is 1840. The molecule has 3 amide bonds. The summed E-state index contributed by atoms with van der Waals surface area (Å²) >= 11 is 6.48. The van der Waals surface area contributed by atoms with Gasteiger partial charge in [-0.2, -0.15) is 0 Å². The first kappa shape index (κ1) is 33.4. The third-order valence-electron chi connectivity index (χ3n) is 8.45. The number of rotatable bonds is 7. The number of anilines is 1. The van der Waals surface area contributed by atoms with Crippen LogP contribution in [0.3, 0.4) is 0 Å². The molecule has 0 spiro atoms. The van der Waals surface area contributed by atoms with Crippen LogP contribution in [0.15, 0.2) is 59.0 Å². The highest BCUT2D eigenvalue weighted by Crippen LogP contribution is 2.46. The molecule has 48 heavy (non-hydrogen) atoms. The van der Waals surface area contributed by atoms with Crippen molar-refractivity contribution in [2.24, 2.45) is 0 Å². The first-order chi connectivity index (χ1) is 22.9. The first-order valence-electron chi connectivity index (χ1n) is 16.1. The number of amides is 3. The van der Waals surface area contributed by atoms with Gasteiger partial charge in [0, 0.05) is 67.9 Å². The van der Waals surface area contributed by atoms with Crippen molar-refractivity contribution in [2.45, 2.75) is 32.3 Å². The molecule has 1 aromatic heterocycles. The number of hydrogen-bond acceptors (Lipinski definition) is 8. The molecule has 2 aliphatic rings. The van der Waals surface area contributed by atoms with E-state index in [1.54, 1.807) is 32.9 Å². The summed E-state index contributed by atoms with van der Waals surface area (Å²) in [6, 6.07) is 16.6. The fourth-order valence-corrected chi connectivity index (χ4v) is 6.32. The SMILES string of the molecule is CN(C)CCOc1ccc2oc(C(=O)N3C[C@@H](CCl)c4c3cc(OC(=O)N3CCN(C(=O)OC(C)(C)C)CC3)c3ccccc43)cc2c1. The molecule has 0 aliphatic carbocycles. The molecule has 0 unspecified atom stereocenters. The minimum absolute atomic E-state index is 0.137. The Hall–Kier alpha value is -4.48. The average Bonchev–Trinajstić information content (AvgIpc) is 3.65. The second-order valence-electron chi connectivity index (χ2n) is 13.4. The van der Waals surface area contributed by atoms with Gasteiger partial charge in [0.25, 0.3) is 5.91 Å². The van der Waals surface area contributed by atoms with Crippen molar-refractivity contribution in [1.29, 1.82) is 0 Å². The van der Waals surface area contributed by atoms with Gasteiger partial charge in [0.2, 0.25) is 0 Å². The van der Waals surface area contributed by atoms with Crippen molar-refractivity contribution in [3.05, 3.63) is 65.9 Å². The highest BCUT2D eigenvalue weighted by Gasteiger charge is 2.37. The number of hydrogen-bond donors (Lipinski definition) is 0. The van der Waals surface area contributed by atoms with E-state index in [1.807, 2.05) is 76.2 Å². The predicted octanol–water partition coefficient (Wildman–Crippen LogP) is 6.56. The largest absolute Gasteiger partial charge is 0.492 e. The van der Waals surface area contributed by atoms with Crippen LogP contribution in [-0.2, 0) is 4.74 Å². The second-order valence-corrected chi connectivity index (χ2v) is 13.7. The van der Waals surface area contributed by atoms with Gasteiger partial charge >= 0.3 is 12.2 Å². The summed E-state index contributed by atoms with van der Waals surface area (Å²) in [6.07, 6.45) is -0.938. The van der Waals surface area contributed by atoms with Crippen LogP contribution >= 0.6 is 11.6 Å². The van der Waals surface area contributed by atoms with Crippen LogP contribution in [0.25, 0.3) is 21.7 Å². The van der Waals surface area contributed by atoms with Crippen LogP contribution in [0.5, 0.6) is 11.5 Å². The van der Waals surface area contributed by atoms with Gasteiger partial charge in [-0.05, 0) is 70.1 Å². The van der Waals surface area contributed by atoms with Gasteiger partial charge in [0.05, 0.1) is 5.69 Å². The van der Waals surface area contributed by atoms with Gasteiger partial charge in [-0.25, -0.2) is 9.59 Å². The van der Waals surface area contributed by atoms with Crippen LogP contribution in [0.2, 0.25) is 0 Å². The number of piperazine rings is 1. The molecule has 2 aliphatic heterocycles. The summed E-state index contributed by atoms with van der Waals surface area (Å²) in [7, 11) is 3.97. The van der Waals surface area contributed by atoms with Crippen molar-refractivity contribution in [3.8, 4) is 11.5 Å². The van der Waals surface area contributed by atoms with Crippen molar-refractivity contribution < 1.29 is 33.0 Å². The summed E-state index contributed by atoms with van der Waals surface area (Å²) in [5, 5.41) is 2.36. The molecule has 4 aromatic rings. The van der Waals surface area contributed by atoms with E-state index in [0.717, 1.165) is 28.3 Å². The van der Waals surface area contributed by atoms with E-state index in [9.17, 15) is 14.4 Å². The zero-order chi connectivity index (χ0) is 34.2. The van der Waals surface area contributed by atoms with Crippen molar-refractivity contribution in [2.75, 3.05) is 70.8 Å². The number of carbonyl (C=O) groups excluding carboxylic acids is 3. The maximum absolute atomic E-state index is 14.1. The van der Waals surface area contributed by atoms with Gasteiger partial charge in [0.1, 0.15) is 29.3 Å². The molecule has 1 atom stereocenters. The first-order valence-corrected chi connectivity index (χ1v) is 16.6. The zero-order valence-corrected chi connectivity index (χ0v) is 28.7. The number of carbonyl (C=O) groups is 3. The molecule has 0 radical (unpaired) electrons. The van der Waals surface area contributed by atoms with Crippen LogP contribution in [0.1, 0.15) is 42.8 Å². The van der Waals surface area contributed by atoms with Crippen LogP contribution in [-0.4, -0.2) is 104 Å². The summed E-state index contributed by atoms with van der Waals surface area (Å²) in [4.78, 5) is 46.9. The summed E-state index contributed by atoms with van der Waals surface area (Å²) in [5.41, 5.74) is 1.52. The van der Waals surface area contributed by atoms with Crippen molar-refractivity contribution in [3.63, 3.8) is 0 Å². The highest BCUT2D eigenvalue weighted by atomic mass is 35.5. The molecule has 3 heterocycles. The number of halogens is 1. The van der Waals surface area contributed by atoms with Crippen LogP contribution in [0.4, 0.5) is 15.3 Å². The summed E-state index contributed by atoms with van der Waals surface area (Å²) in [5.74, 6) is 1.06. The molecular weight excluding hydrogens is 636 g/mol. The smallest absolute Gasteiger partial charge is 0.415 e. The highest BCUT2D eigenvalue weighted by molar-refractivity contribution is 6.19. The normalized spacial score (nSPS) is 16.5. The molecule has 1 saturated heterocycles. The fraction of sp³-hybridized carbons (Fsp3) is 0.417. The molecule has 0 saturated carbocycles. The Labute approximate surface area is 284 Å². The molecule has 12 heteroatoms. The Morgan fingerprint density at radius 1 is 0.938 bits per heavy atom. The average molecular weight is 677 g/mol. The maximum Gasteiger partial charge on any atom is 0.415 e. The van der Waals surface area contributed by atoms with E-state index < -0.39 is 17.8 Å². The number of likely N-dealkylation sites (N-methyl/N-ethyl adjacent to an activating group) is 1. The molecule has 254 valence electrons. The molecule has 1 fully saturated rings. The van der Waals surface area contributed by atoms with E-state index in [1.165, 1.54) is 0 Å². The monoisotopic (exact) mass is 676 g/mol. The van der Waals surface area contributed by atoms with E-state index in [-0.39, 0.29) is 17.6 Å². The number of furan rings is 1. The number of benzene rings is 3. The minimum atomic E-state index is -0.603. The van der Waals surface area contributed by atoms with Gasteiger partial charge < -0.3 is 38.2 Å². The standard InChI is InChI=1S/C36H41ClN4O7/c1-36(2,3)48-35(44)40-14-12-39(13-15-40)34(43)47-30-20-28-32(27-9-7-6-8-26(27)30)24(21-37)22-41(28)33(42)31-19-23-18-25(10-11-29(23)46-31)45-17-16-38(4)5/h6-11,18-20,24H,12-17,21-22H2,1-5H3/t24-/m1/s1. The van der Waals surface area contributed by atoms with Crippen molar-refractivity contribution >= 4 is 57.1 Å². The molecule has 6 rings (SSSR count). The molecule has 0 bridgehead atoms. The number of fused-ring (bicyclic) bond motifs is 4. The second kappa shape index (κ2) is 13.6. The lowest BCUT2D eigenvalue weighted by atomic mass is 9.95. The van der Waals surface area contributed by atoms with E-state index in [0.29, 0.717) is 68.0 Å². The third kappa shape index (κ3) is 7.02. The topological polar surface area (TPSA) is 105 Å². The van der Waals surface area contributed by atoms with E-state index >= 15 is 0 Å². The van der Waals surface area contributed by atoms with Gasteiger partial charge in [-0.1, -0.05) is 24.3 Å². The molecule has 0 N–H and O–H groups in total. The lowest BCUT2D eigenvalue weighted by Gasteiger charge is -2.35. The third-order valence-corrected chi connectivity index (χ3v) is 8.83. The van der Waals surface area contributed by atoms with Gasteiger partial charge in [-0.15, -0.1) is 11.6 Å². The zero-order valence-electron chi connectivity index (χ0n) is 28.0. The fourth-order valence-electron chi connectivity index (χ4n) is 6.07.